The third kappa shape index (κ3) is 4.28. The maximum absolute atomic E-state index is 12.7. The van der Waals surface area contributed by atoms with Crippen LogP contribution in [0.2, 0.25) is 0 Å². The molecule has 21 heavy (non-hydrogen) atoms. The highest BCUT2D eigenvalue weighted by Crippen LogP contribution is 2.23. The van der Waals surface area contributed by atoms with Crippen molar-refractivity contribution in [2.75, 3.05) is 13.6 Å². The smallest absolute Gasteiger partial charge is 0.243 e. The number of sulfonamides is 1. The van der Waals surface area contributed by atoms with Crippen molar-refractivity contribution in [3.8, 4) is 0 Å². The molecular weight excluding hydrogens is 284 g/mol. The standard InChI is InChI=1S/C16H26N2O2S/c1-4-5-10-18(3)21(19,20)16-11-14(7-6-13(16)2)12-17-15-8-9-15/h6-7,11,15,17H,4-5,8-10,12H2,1-3H3. The van der Waals surface area contributed by atoms with Crippen molar-refractivity contribution < 1.29 is 8.42 Å². The lowest BCUT2D eigenvalue weighted by molar-refractivity contribution is 0.459. The topological polar surface area (TPSA) is 49.4 Å². The van der Waals surface area contributed by atoms with E-state index in [0.29, 0.717) is 17.5 Å². The fraction of sp³-hybridized carbons (Fsp3) is 0.625. The summed E-state index contributed by atoms with van der Waals surface area (Å²) in [5, 5.41) is 3.43. The van der Waals surface area contributed by atoms with E-state index in [1.807, 2.05) is 25.1 Å². The molecule has 0 aliphatic heterocycles. The Labute approximate surface area is 128 Å². The Morgan fingerprint density at radius 3 is 2.67 bits per heavy atom. The van der Waals surface area contributed by atoms with Crippen LogP contribution in [-0.4, -0.2) is 32.4 Å². The number of nitrogens with zero attached hydrogens (tertiary/aromatic N) is 1. The van der Waals surface area contributed by atoms with Crippen molar-refractivity contribution in [1.29, 1.82) is 0 Å². The zero-order chi connectivity index (χ0) is 15.5. The van der Waals surface area contributed by atoms with Gasteiger partial charge in [-0.2, -0.15) is 0 Å². The van der Waals surface area contributed by atoms with Crippen molar-refractivity contribution in [2.24, 2.45) is 0 Å². The molecule has 0 radical (unpaired) electrons. The monoisotopic (exact) mass is 310 g/mol. The Morgan fingerprint density at radius 1 is 1.33 bits per heavy atom. The van der Waals surface area contributed by atoms with Crippen LogP contribution in [0.15, 0.2) is 23.1 Å². The first-order valence-electron chi connectivity index (χ1n) is 7.74. The molecule has 118 valence electrons. The molecule has 0 amide bonds. The molecule has 0 spiro atoms. The fourth-order valence-electron chi connectivity index (χ4n) is 2.25. The first-order chi connectivity index (χ1) is 9.95. The van der Waals surface area contributed by atoms with Crippen molar-refractivity contribution in [1.82, 2.24) is 9.62 Å². The molecule has 0 aromatic heterocycles. The van der Waals surface area contributed by atoms with E-state index in [1.165, 1.54) is 17.1 Å². The summed E-state index contributed by atoms with van der Waals surface area (Å²) in [5.41, 5.74) is 1.85. The molecule has 4 nitrogen and oxygen atoms in total. The van der Waals surface area contributed by atoms with Gasteiger partial charge in [-0.3, -0.25) is 0 Å². The Bertz CT molecular complexity index is 580. The number of rotatable bonds is 8. The van der Waals surface area contributed by atoms with E-state index in [9.17, 15) is 8.42 Å². The highest BCUT2D eigenvalue weighted by molar-refractivity contribution is 7.89. The van der Waals surface area contributed by atoms with Gasteiger partial charge in [0.1, 0.15) is 0 Å². The van der Waals surface area contributed by atoms with Gasteiger partial charge in [-0.1, -0.05) is 25.5 Å². The molecule has 0 unspecified atom stereocenters. The molecule has 0 bridgehead atoms. The van der Waals surface area contributed by atoms with Crippen LogP contribution >= 0.6 is 0 Å². The van der Waals surface area contributed by atoms with Gasteiger partial charge in [0.15, 0.2) is 0 Å². The third-order valence-corrected chi connectivity index (χ3v) is 5.94. The summed E-state index contributed by atoms with van der Waals surface area (Å²) in [6, 6.07) is 6.36. The Hall–Kier alpha value is -0.910. The number of unbranched alkanes of at least 4 members (excludes halogenated alkanes) is 1. The molecule has 1 aromatic rings. The minimum absolute atomic E-state index is 0.441. The van der Waals surface area contributed by atoms with Gasteiger partial charge in [0.05, 0.1) is 4.90 Å². The molecule has 2 rings (SSSR count). The van der Waals surface area contributed by atoms with Crippen molar-refractivity contribution in [3.05, 3.63) is 29.3 Å². The predicted molar refractivity (Wildman–Crippen MR) is 85.8 cm³/mol. The summed E-state index contributed by atoms with van der Waals surface area (Å²) < 4.78 is 26.8. The molecule has 1 saturated carbocycles. The summed E-state index contributed by atoms with van der Waals surface area (Å²) in [6.45, 7) is 5.24. The van der Waals surface area contributed by atoms with E-state index in [1.54, 1.807) is 7.05 Å². The average Bonchev–Trinajstić information content (AvgIpc) is 3.27. The van der Waals surface area contributed by atoms with E-state index in [0.717, 1.165) is 30.5 Å². The third-order valence-electron chi connectivity index (χ3n) is 3.94. The Balaban J connectivity index is 2.17. The second-order valence-corrected chi connectivity index (χ2v) is 7.95. The van der Waals surface area contributed by atoms with Crippen LogP contribution in [0.1, 0.15) is 43.7 Å². The molecule has 1 aliphatic carbocycles. The summed E-state index contributed by atoms with van der Waals surface area (Å²) in [5.74, 6) is 0. The SMILES string of the molecule is CCCCN(C)S(=O)(=O)c1cc(CNC2CC2)ccc1C. The minimum atomic E-state index is -3.38. The number of aryl methyl sites for hydroxylation is 1. The molecule has 5 heteroatoms. The number of benzene rings is 1. The van der Waals surface area contributed by atoms with Crippen LogP contribution < -0.4 is 5.32 Å². The lowest BCUT2D eigenvalue weighted by atomic mass is 10.1. The molecule has 0 saturated heterocycles. The maximum Gasteiger partial charge on any atom is 0.243 e. The fourth-order valence-corrected chi connectivity index (χ4v) is 3.73. The van der Waals surface area contributed by atoms with Crippen LogP contribution in [0, 0.1) is 6.92 Å². The van der Waals surface area contributed by atoms with Crippen LogP contribution in [0.25, 0.3) is 0 Å². The number of nitrogens with one attached hydrogen (secondary N) is 1. The van der Waals surface area contributed by atoms with E-state index in [4.69, 9.17) is 0 Å². The van der Waals surface area contributed by atoms with Gasteiger partial charge in [-0.25, -0.2) is 12.7 Å². The molecule has 1 aliphatic rings. The second kappa shape index (κ2) is 6.90. The maximum atomic E-state index is 12.7. The Kier molecular flexibility index (Phi) is 5.41. The normalized spacial score (nSPS) is 15.6. The molecule has 0 atom stereocenters. The van der Waals surface area contributed by atoms with E-state index in [2.05, 4.69) is 12.2 Å². The van der Waals surface area contributed by atoms with Crippen molar-refractivity contribution >= 4 is 10.0 Å². The zero-order valence-electron chi connectivity index (χ0n) is 13.2. The second-order valence-electron chi connectivity index (χ2n) is 5.94. The number of hydrogen-bond acceptors (Lipinski definition) is 3. The molecular formula is C16H26N2O2S. The summed E-state index contributed by atoms with van der Waals surface area (Å²) in [6.07, 6.45) is 4.34. The number of hydrogen-bond donors (Lipinski definition) is 1. The van der Waals surface area contributed by atoms with E-state index < -0.39 is 10.0 Å². The molecule has 1 N–H and O–H groups in total. The van der Waals surface area contributed by atoms with Gasteiger partial charge in [0.2, 0.25) is 10.0 Å². The quantitative estimate of drug-likeness (QED) is 0.803. The summed E-state index contributed by atoms with van der Waals surface area (Å²) in [7, 11) is -1.72. The predicted octanol–water partition coefficient (Wildman–Crippen LogP) is 2.67. The van der Waals surface area contributed by atoms with Gasteiger partial charge in [0, 0.05) is 26.2 Å². The minimum Gasteiger partial charge on any atom is -0.310 e. The van der Waals surface area contributed by atoms with E-state index >= 15 is 0 Å². The van der Waals surface area contributed by atoms with Gasteiger partial charge in [-0.05, 0) is 43.4 Å². The van der Waals surface area contributed by atoms with Crippen molar-refractivity contribution in [2.45, 2.75) is 57.0 Å². The first-order valence-corrected chi connectivity index (χ1v) is 9.18. The first kappa shape index (κ1) is 16.5. The summed E-state index contributed by atoms with van der Waals surface area (Å²) in [4.78, 5) is 0.441. The van der Waals surface area contributed by atoms with Crippen LogP contribution in [0.3, 0.4) is 0 Å². The highest BCUT2D eigenvalue weighted by atomic mass is 32.2. The van der Waals surface area contributed by atoms with Gasteiger partial charge < -0.3 is 5.32 Å². The van der Waals surface area contributed by atoms with Crippen LogP contribution in [0.4, 0.5) is 0 Å². The van der Waals surface area contributed by atoms with Crippen molar-refractivity contribution in [3.63, 3.8) is 0 Å². The average molecular weight is 310 g/mol. The Morgan fingerprint density at radius 2 is 2.05 bits per heavy atom. The van der Waals surface area contributed by atoms with E-state index in [-0.39, 0.29) is 0 Å². The van der Waals surface area contributed by atoms with Gasteiger partial charge in [-0.15, -0.1) is 0 Å². The van der Waals surface area contributed by atoms with Gasteiger partial charge >= 0.3 is 0 Å². The van der Waals surface area contributed by atoms with Crippen LogP contribution in [0.5, 0.6) is 0 Å². The highest BCUT2D eigenvalue weighted by Gasteiger charge is 2.23. The molecule has 1 aromatic carbocycles. The summed E-state index contributed by atoms with van der Waals surface area (Å²) >= 11 is 0. The zero-order valence-corrected chi connectivity index (χ0v) is 14.0. The largest absolute Gasteiger partial charge is 0.310 e. The van der Waals surface area contributed by atoms with Gasteiger partial charge in [0.25, 0.3) is 0 Å². The lowest BCUT2D eigenvalue weighted by Crippen LogP contribution is -2.28. The lowest BCUT2D eigenvalue weighted by Gasteiger charge is -2.19. The molecule has 0 heterocycles. The van der Waals surface area contributed by atoms with Crippen LogP contribution in [-0.2, 0) is 16.6 Å². The molecule has 1 fully saturated rings.